The summed E-state index contributed by atoms with van der Waals surface area (Å²) in [7, 11) is 0. The van der Waals surface area contributed by atoms with Gasteiger partial charge in [-0.3, -0.25) is 0 Å². The van der Waals surface area contributed by atoms with Gasteiger partial charge in [-0.1, -0.05) is 75.4 Å². The number of morpholine rings is 1. The van der Waals surface area contributed by atoms with Crippen LogP contribution in [0.5, 0.6) is 0 Å². The lowest BCUT2D eigenvalue weighted by Gasteiger charge is -2.31. The van der Waals surface area contributed by atoms with E-state index in [4.69, 9.17) is 4.74 Å². The maximum absolute atomic E-state index is 9.61. The number of rotatable bonds is 1. The molecule has 25 heavy (non-hydrogen) atoms. The topological polar surface area (TPSA) is 45.1 Å². The summed E-state index contributed by atoms with van der Waals surface area (Å²) in [5.74, 6) is 0. The van der Waals surface area contributed by atoms with Crippen molar-refractivity contribution in [1.82, 2.24) is 4.90 Å². The minimum Gasteiger partial charge on any atom is -0.411 e. The smallest absolute Gasteiger partial charge is 0.102 e. The fraction of sp³-hybridized carbons (Fsp3) is 0.857. The standard InChI is InChI=1S/C21H38N2O2/c24-22-20-14-12-10-8-6-4-2-1-3-5-7-9-11-13-15-21(20)23-16-18-25-19-17-23/h15,24H,1-14,16-19H2/b21-15-,22-20-. The molecule has 0 spiro atoms. The highest BCUT2D eigenvalue weighted by Gasteiger charge is 2.18. The molecular weight excluding hydrogens is 312 g/mol. The second-order valence-electron chi connectivity index (χ2n) is 7.52. The molecule has 1 N–H and O–H groups in total. The van der Waals surface area contributed by atoms with Crippen LogP contribution in [-0.2, 0) is 4.74 Å². The van der Waals surface area contributed by atoms with E-state index in [1.165, 1.54) is 70.6 Å². The first-order chi connectivity index (χ1) is 12.4. The molecule has 0 aromatic heterocycles. The van der Waals surface area contributed by atoms with Crippen molar-refractivity contribution in [2.75, 3.05) is 26.3 Å². The first-order valence-electron chi connectivity index (χ1n) is 10.7. The van der Waals surface area contributed by atoms with Crippen molar-refractivity contribution in [3.05, 3.63) is 11.8 Å². The van der Waals surface area contributed by atoms with E-state index >= 15 is 0 Å². The van der Waals surface area contributed by atoms with Crippen LogP contribution in [0.4, 0.5) is 0 Å². The van der Waals surface area contributed by atoms with Gasteiger partial charge in [0.05, 0.1) is 18.9 Å². The lowest BCUT2D eigenvalue weighted by Crippen LogP contribution is -2.38. The van der Waals surface area contributed by atoms with E-state index in [1.54, 1.807) is 0 Å². The van der Waals surface area contributed by atoms with Crippen LogP contribution in [0.25, 0.3) is 0 Å². The molecule has 0 amide bonds. The Hall–Kier alpha value is -1.03. The lowest BCUT2D eigenvalue weighted by atomic mass is 10.0. The van der Waals surface area contributed by atoms with Gasteiger partial charge < -0.3 is 14.8 Å². The minimum atomic E-state index is 0.774. The SMILES string of the molecule is O/N=C1CCCCCCCCCCCCCC/C=C/1N1CCOCC1. The number of ether oxygens (including phenoxy) is 1. The van der Waals surface area contributed by atoms with Crippen LogP contribution in [0.3, 0.4) is 0 Å². The number of hydrogen-bond acceptors (Lipinski definition) is 4. The number of nitrogens with zero attached hydrogens (tertiary/aromatic N) is 2. The van der Waals surface area contributed by atoms with E-state index < -0.39 is 0 Å². The maximum Gasteiger partial charge on any atom is 0.102 e. The Morgan fingerprint density at radius 2 is 1.28 bits per heavy atom. The maximum atomic E-state index is 9.61. The van der Waals surface area contributed by atoms with Crippen molar-refractivity contribution < 1.29 is 9.94 Å². The first kappa shape index (κ1) is 20.3. The first-order valence-corrected chi connectivity index (χ1v) is 10.7. The molecule has 0 radical (unpaired) electrons. The quantitative estimate of drug-likeness (QED) is 0.501. The number of oxime groups is 1. The van der Waals surface area contributed by atoms with E-state index in [0.717, 1.165) is 57.0 Å². The molecule has 2 rings (SSSR count). The van der Waals surface area contributed by atoms with Crippen molar-refractivity contribution in [3.63, 3.8) is 0 Å². The number of allylic oxidation sites excluding steroid dienone is 2. The summed E-state index contributed by atoms with van der Waals surface area (Å²) in [5, 5.41) is 13.3. The predicted molar refractivity (Wildman–Crippen MR) is 104 cm³/mol. The van der Waals surface area contributed by atoms with Gasteiger partial charge >= 0.3 is 0 Å². The van der Waals surface area contributed by atoms with E-state index in [0.29, 0.717) is 0 Å². The predicted octanol–water partition coefficient (Wildman–Crippen LogP) is 5.51. The monoisotopic (exact) mass is 350 g/mol. The minimum absolute atomic E-state index is 0.774. The van der Waals surface area contributed by atoms with E-state index in [-0.39, 0.29) is 0 Å². The zero-order valence-electron chi connectivity index (χ0n) is 16.1. The van der Waals surface area contributed by atoms with Crippen LogP contribution in [0, 0.1) is 0 Å². The molecule has 0 aromatic rings. The van der Waals surface area contributed by atoms with Crippen molar-refractivity contribution in [2.24, 2.45) is 5.16 Å². The summed E-state index contributed by atoms with van der Waals surface area (Å²) in [6.07, 6.45) is 20.3. The van der Waals surface area contributed by atoms with Gasteiger partial charge in [-0.15, -0.1) is 0 Å². The Morgan fingerprint density at radius 1 is 0.760 bits per heavy atom. The third-order valence-corrected chi connectivity index (χ3v) is 5.47. The summed E-state index contributed by atoms with van der Waals surface area (Å²) < 4.78 is 5.49. The summed E-state index contributed by atoms with van der Waals surface area (Å²) in [4.78, 5) is 2.35. The second-order valence-corrected chi connectivity index (χ2v) is 7.52. The molecule has 4 heteroatoms. The van der Waals surface area contributed by atoms with Crippen LogP contribution in [0.1, 0.15) is 89.9 Å². The summed E-state index contributed by atoms with van der Waals surface area (Å²) >= 11 is 0. The third-order valence-electron chi connectivity index (χ3n) is 5.47. The van der Waals surface area contributed by atoms with Crippen molar-refractivity contribution in [3.8, 4) is 0 Å². The molecule has 1 heterocycles. The highest BCUT2D eigenvalue weighted by molar-refractivity contribution is 5.99. The molecule has 2 aliphatic rings. The Kier molecular flexibility index (Phi) is 10.7. The molecule has 4 nitrogen and oxygen atoms in total. The molecule has 1 aliphatic carbocycles. The summed E-state index contributed by atoms with van der Waals surface area (Å²) in [6.45, 7) is 3.36. The van der Waals surface area contributed by atoms with E-state index in [2.05, 4.69) is 16.1 Å². The number of hydrogen-bond donors (Lipinski definition) is 1. The van der Waals surface area contributed by atoms with Crippen LogP contribution in [-0.4, -0.2) is 42.1 Å². The van der Waals surface area contributed by atoms with Gasteiger partial charge in [0.1, 0.15) is 5.71 Å². The molecule has 0 bridgehead atoms. The van der Waals surface area contributed by atoms with Crippen LogP contribution in [0.2, 0.25) is 0 Å². The molecule has 0 aromatic carbocycles. The van der Waals surface area contributed by atoms with Crippen molar-refractivity contribution in [2.45, 2.75) is 89.9 Å². The molecule has 0 atom stereocenters. The fourth-order valence-electron chi connectivity index (χ4n) is 3.91. The second kappa shape index (κ2) is 13.2. The Morgan fingerprint density at radius 3 is 1.84 bits per heavy atom. The Bertz CT molecular complexity index is 401. The van der Waals surface area contributed by atoms with Gasteiger partial charge in [0.15, 0.2) is 0 Å². The van der Waals surface area contributed by atoms with E-state index in [1.807, 2.05) is 0 Å². The van der Waals surface area contributed by atoms with Gasteiger partial charge in [-0.05, 0) is 25.7 Å². The Labute approximate surface area is 154 Å². The zero-order valence-corrected chi connectivity index (χ0v) is 16.1. The highest BCUT2D eigenvalue weighted by Crippen LogP contribution is 2.19. The summed E-state index contributed by atoms with van der Waals surface area (Å²) in [5.41, 5.74) is 2.04. The zero-order chi connectivity index (χ0) is 17.6. The van der Waals surface area contributed by atoms with Crippen LogP contribution < -0.4 is 0 Å². The lowest BCUT2D eigenvalue weighted by molar-refractivity contribution is 0.0560. The highest BCUT2D eigenvalue weighted by atomic mass is 16.5. The largest absolute Gasteiger partial charge is 0.411 e. The Balaban J connectivity index is 1.95. The molecular formula is C21H38N2O2. The van der Waals surface area contributed by atoms with Gasteiger partial charge in [0, 0.05) is 13.1 Å². The van der Waals surface area contributed by atoms with Crippen LogP contribution in [0.15, 0.2) is 16.9 Å². The van der Waals surface area contributed by atoms with Gasteiger partial charge in [0.25, 0.3) is 0 Å². The molecule has 1 saturated heterocycles. The van der Waals surface area contributed by atoms with Gasteiger partial charge in [0.2, 0.25) is 0 Å². The van der Waals surface area contributed by atoms with Crippen molar-refractivity contribution >= 4 is 5.71 Å². The molecule has 0 saturated carbocycles. The molecule has 1 aliphatic heterocycles. The fourth-order valence-corrected chi connectivity index (χ4v) is 3.91. The molecule has 0 unspecified atom stereocenters. The molecule has 144 valence electrons. The third kappa shape index (κ3) is 8.26. The average molecular weight is 351 g/mol. The molecule has 1 fully saturated rings. The van der Waals surface area contributed by atoms with Crippen molar-refractivity contribution in [1.29, 1.82) is 0 Å². The van der Waals surface area contributed by atoms with Crippen LogP contribution >= 0.6 is 0 Å². The van der Waals surface area contributed by atoms with Gasteiger partial charge in [-0.25, -0.2) is 0 Å². The van der Waals surface area contributed by atoms with Gasteiger partial charge in [-0.2, -0.15) is 0 Å². The summed E-state index contributed by atoms with van der Waals surface area (Å²) in [6, 6.07) is 0. The normalized spacial score (nSPS) is 27.4. The average Bonchev–Trinajstić information content (AvgIpc) is 2.66. The van der Waals surface area contributed by atoms with E-state index in [9.17, 15) is 5.21 Å².